The molecule has 0 saturated carbocycles. The van der Waals surface area contributed by atoms with Gasteiger partial charge in [0.2, 0.25) is 11.8 Å². The highest BCUT2D eigenvalue weighted by Crippen LogP contribution is 2.17. The zero-order valence-electron chi connectivity index (χ0n) is 8.77. The van der Waals surface area contributed by atoms with Gasteiger partial charge in [-0.05, 0) is 12.1 Å². The molecule has 0 aliphatic heterocycles. The molecule has 1 heterocycles. The maximum atomic E-state index is 10.8. The first-order chi connectivity index (χ1) is 7.52. The molecule has 1 N–H and O–H groups in total. The first kappa shape index (κ1) is 11.7. The third-order valence-corrected chi connectivity index (χ3v) is 1.53. The number of nitrogens with one attached hydrogen (secondary N) is 1. The van der Waals surface area contributed by atoms with Crippen LogP contribution in [0.2, 0.25) is 0 Å². The van der Waals surface area contributed by atoms with Crippen LogP contribution >= 0.6 is 0 Å². The van der Waals surface area contributed by atoms with Crippen molar-refractivity contribution < 1.29 is 14.3 Å². The van der Waals surface area contributed by atoms with E-state index in [0.717, 1.165) is 0 Å². The van der Waals surface area contributed by atoms with Gasteiger partial charge in [-0.1, -0.05) is 0 Å². The first-order valence-corrected chi connectivity index (χ1v) is 4.40. The van der Waals surface area contributed by atoms with Crippen molar-refractivity contribution in [2.45, 2.75) is 13.8 Å². The number of carbonyl (C=O) groups is 2. The molecule has 0 saturated heterocycles. The minimum Gasteiger partial charge on any atom is -0.406 e. The molecule has 1 amide bonds. The minimum absolute atomic E-state index is 0.110. The van der Waals surface area contributed by atoms with Gasteiger partial charge < -0.3 is 10.1 Å². The summed E-state index contributed by atoms with van der Waals surface area (Å²) in [4.78, 5) is 25.4. The van der Waals surface area contributed by atoms with Crippen LogP contribution in [0.5, 0.6) is 5.88 Å². The van der Waals surface area contributed by atoms with Crippen LogP contribution in [0.25, 0.3) is 0 Å². The summed E-state index contributed by atoms with van der Waals surface area (Å²) in [7, 11) is 0. The lowest BCUT2D eigenvalue weighted by Gasteiger charge is -2.05. The number of carbonyl (C=O) groups excluding carboxylic acids is 2. The Hall–Kier alpha value is -2.42. The summed E-state index contributed by atoms with van der Waals surface area (Å²) in [6.07, 6.45) is 0. The lowest BCUT2D eigenvalue weighted by atomic mass is 10.3. The van der Waals surface area contributed by atoms with Gasteiger partial charge >= 0.3 is 5.97 Å². The SMILES string of the molecule is CC(=O)Nc1ccc(C#N)c(OC(C)=O)n1. The molecule has 0 atom stereocenters. The second-order valence-corrected chi connectivity index (χ2v) is 2.94. The zero-order valence-corrected chi connectivity index (χ0v) is 8.77. The average molecular weight is 219 g/mol. The van der Waals surface area contributed by atoms with Crippen molar-refractivity contribution in [1.29, 1.82) is 5.26 Å². The predicted molar refractivity (Wildman–Crippen MR) is 54.6 cm³/mol. The highest BCUT2D eigenvalue weighted by Gasteiger charge is 2.09. The van der Waals surface area contributed by atoms with Gasteiger partial charge in [0.05, 0.1) is 0 Å². The van der Waals surface area contributed by atoms with Crippen LogP contribution in [-0.4, -0.2) is 16.9 Å². The maximum Gasteiger partial charge on any atom is 0.309 e. The maximum absolute atomic E-state index is 10.8. The molecule has 6 heteroatoms. The molecule has 1 aromatic rings. The number of esters is 1. The van der Waals surface area contributed by atoms with Crippen molar-refractivity contribution in [3.05, 3.63) is 17.7 Å². The Morgan fingerprint density at radius 3 is 2.62 bits per heavy atom. The largest absolute Gasteiger partial charge is 0.406 e. The van der Waals surface area contributed by atoms with E-state index in [1.807, 2.05) is 6.07 Å². The second kappa shape index (κ2) is 4.89. The average Bonchev–Trinajstić information content (AvgIpc) is 2.16. The molecular formula is C10H9N3O3. The fraction of sp³-hybridized carbons (Fsp3) is 0.200. The Kier molecular flexibility index (Phi) is 3.56. The Morgan fingerprint density at radius 1 is 1.44 bits per heavy atom. The fourth-order valence-corrected chi connectivity index (χ4v) is 0.989. The second-order valence-electron chi connectivity index (χ2n) is 2.94. The Labute approximate surface area is 91.9 Å². The third kappa shape index (κ3) is 3.06. The molecule has 16 heavy (non-hydrogen) atoms. The van der Waals surface area contributed by atoms with Gasteiger partial charge in [0.15, 0.2) is 0 Å². The molecule has 82 valence electrons. The topological polar surface area (TPSA) is 92.1 Å². The van der Waals surface area contributed by atoms with Crippen molar-refractivity contribution >= 4 is 17.7 Å². The number of hydrogen-bond acceptors (Lipinski definition) is 5. The Morgan fingerprint density at radius 2 is 2.12 bits per heavy atom. The highest BCUT2D eigenvalue weighted by molar-refractivity contribution is 5.87. The summed E-state index contributed by atoms with van der Waals surface area (Å²) in [6.45, 7) is 2.53. The minimum atomic E-state index is -0.580. The number of hydrogen-bond donors (Lipinski definition) is 1. The number of rotatable bonds is 2. The van der Waals surface area contributed by atoms with E-state index in [1.54, 1.807) is 0 Å². The number of ether oxygens (including phenoxy) is 1. The number of amides is 1. The van der Waals surface area contributed by atoms with Crippen LogP contribution in [0.4, 0.5) is 5.82 Å². The van der Waals surface area contributed by atoms with Crippen LogP contribution in [0, 0.1) is 11.3 Å². The van der Waals surface area contributed by atoms with Gasteiger partial charge in [-0.3, -0.25) is 9.59 Å². The van der Waals surface area contributed by atoms with Crippen molar-refractivity contribution in [1.82, 2.24) is 4.98 Å². The Bertz CT molecular complexity index is 477. The smallest absolute Gasteiger partial charge is 0.309 e. The summed E-state index contributed by atoms with van der Waals surface area (Å²) >= 11 is 0. The van der Waals surface area contributed by atoms with Gasteiger partial charge in [-0.15, -0.1) is 0 Å². The Balaban J connectivity index is 3.06. The summed E-state index contributed by atoms with van der Waals surface area (Å²) in [5, 5.41) is 11.2. The lowest BCUT2D eigenvalue weighted by Crippen LogP contribution is -2.10. The van der Waals surface area contributed by atoms with E-state index in [1.165, 1.54) is 26.0 Å². The van der Waals surface area contributed by atoms with Gasteiger partial charge in [0.1, 0.15) is 17.5 Å². The quantitative estimate of drug-likeness (QED) is 0.744. The molecule has 1 aromatic heterocycles. The van der Waals surface area contributed by atoms with E-state index in [4.69, 9.17) is 10.00 Å². The highest BCUT2D eigenvalue weighted by atomic mass is 16.5. The van der Waals surface area contributed by atoms with Crippen LogP contribution < -0.4 is 10.1 Å². The summed E-state index contributed by atoms with van der Waals surface area (Å²) in [6, 6.07) is 4.69. The van der Waals surface area contributed by atoms with Crippen molar-refractivity contribution in [3.63, 3.8) is 0 Å². The summed E-state index contributed by atoms with van der Waals surface area (Å²) in [5.74, 6) is -0.765. The summed E-state index contributed by atoms with van der Waals surface area (Å²) in [5.41, 5.74) is 0.129. The molecule has 0 radical (unpaired) electrons. The molecule has 0 aromatic carbocycles. The van der Waals surface area contributed by atoms with Crippen LogP contribution in [-0.2, 0) is 9.59 Å². The van der Waals surface area contributed by atoms with E-state index < -0.39 is 5.97 Å². The summed E-state index contributed by atoms with van der Waals surface area (Å²) < 4.78 is 4.73. The molecule has 0 bridgehead atoms. The van der Waals surface area contributed by atoms with Crippen LogP contribution in [0.1, 0.15) is 19.4 Å². The van der Waals surface area contributed by atoms with Gasteiger partial charge in [0, 0.05) is 13.8 Å². The fourth-order valence-electron chi connectivity index (χ4n) is 0.989. The molecule has 6 nitrogen and oxygen atoms in total. The van der Waals surface area contributed by atoms with Gasteiger partial charge in [-0.25, -0.2) is 0 Å². The standard InChI is InChI=1S/C10H9N3O3/c1-6(14)12-9-4-3-8(5-11)10(13-9)16-7(2)15/h3-4H,1-2H3,(H,12,13,14). The first-order valence-electron chi connectivity index (χ1n) is 4.40. The normalized spacial score (nSPS) is 9.06. The molecule has 0 fully saturated rings. The van der Waals surface area contributed by atoms with Gasteiger partial charge in [-0.2, -0.15) is 10.2 Å². The van der Waals surface area contributed by atoms with Crippen LogP contribution in [0.3, 0.4) is 0 Å². The number of aromatic nitrogens is 1. The molecule has 0 aliphatic rings. The van der Waals surface area contributed by atoms with Gasteiger partial charge in [0.25, 0.3) is 0 Å². The third-order valence-electron chi connectivity index (χ3n) is 1.53. The van der Waals surface area contributed by atoms with Crippen molar-refractivity contribution in [3.8, 4) is 11.9 Å². The molecule has 0 unspecified atom stereocenters. The van der Waals surface area contributed by atoms with Crippen LogP contribution in [0.15, 0.2) is 12.1 Å². The zero-order chi connectivity index (χ0) is 12.1. The monoisotopic (exact) mass is 219 g/mol. The molecule has 1 rings (SSSR count). The number of anilines is 1. The predicted octanol–water partition coefficient (Wildman–Crippen LogP) is 0.837. The van der Waals surface area contributed by atoms with Crippen molar-refractivity contribution in [2.75, 3.05) is 5.32 Å². The number of nitrogens with zero attached hydrogens (tertiary/aromatic N) is 2. The molecule has 0 aliphatic carbocycles. The lowest BCUT2D eigenvalue weighted by molar-refractivity contribution is -0.132. The number of pyridine rings is 1. The van der Waals surface area contributed by atoms with E-state index in [2.05, 4.69) is 10.3 Å². The molecular weight excluding hydrogens is 210 g/mol. The number of nitriles is 1. The van der Waals surface area contributed by atoms with E-state index in [-0.39, 0.29) is 23.2 Å². The molecule has 0 spiro atoms. The van der Waals surface area contributed by atoms with Crippen molar-refractivity contribution in [2.24, 2.45) is 0 Å². The van der Waals surface area contributed by atoms with E-state index in [9.17, 15) is 9.59 Å². The van der Waals surface area contributed by atoms with E-state index in [0.29, 0.717) is 0 Å². The van der Waals surface area contributed by atoms with E-state index >= 15 is 0 Å².